The summed E-state index contributed by atoms with van der Waals surface area (Å²) in [6, 6.07) is 8.24. The first kappa shape index (κ1) is 36.6. The molecule has 2 aromatic carbocycles. The molecule has 45 heavy (non-hydrogen) atoms. The number of aryl methyl sites for hydroxylation is 2. The molecule has 0 amide bonds. The molecule has 0 bridgehead atoms. The predicted octanol–water partition coefficient (Wildman–Crippen LogP) is 7.02. The van der Waals surface area contributed by atoms with Gasteiger partial charge in [0.1, 0.15) is 11.5 Å². The van der Waals surface area contributed by atoms with Gasteiger partial charge in [-0.25, -0.2) is 0 Å². The van der Waals surface area contributed by atoms with Crippen molar-refractivity contribution in [2.24, 2.45) is 15.0 Å². The van der Waals surface area contributed by atoms with Gasteiger partial charge in [0.25, 0.3) is 0 Å². The molecule has 2 aromatic rings. The van der Waals surface area contributed by atoms with Gasteiger partial charge in [0.2, 0.25) is 0 Å². The molecule has 1 fully saturated rings. The SMILES string of the molecule is Cc1cc(C=NCC(C)(C)N=Cc2cc(C(C)(C)C)cc(CCCN3CCCN4CCCN=C43)c2O)c(O)c(C(C)(C)C)c1.[Co]. The molecule has 0 unspecified atom stereocenters. The van der Waals surface area contributed by atoms with Gasteiger partial charge in [-0.2, -0.15) is 0 Å². The van der Waals surface area contributed by atoms with Crippen LogP contribution in [0.3, 0.4) is 0 Å². The average molecular weight is 661 g/mol. The van der Waals surface area contributed by atoms with Crippen molar-refractivity contribution in [1.82, 2.24) is 9.80 Å². The molecule has 2 N–H and O–H groups in total. The Hall–Kier alpha value is -2.84. The van der Waals surface area contributed by atoms with E-state index in [1.807, 2.05) is 39.1 Å². The minimum absolute atomic E-state index is 0. The standard InChI is InChI=1S/C37H55N5O2.Co/c1-26-19-28(33(44)31(20-26)36(5,6)7)23-38-25-37(8,9)40-24-29-22-30(35(2,3)4)21-27(32(29)43)13-10-15-41-17-12-18-42-16-11-14-39-34(41)42;/h19-24,43-44H,10-18,25H2,1-9H3;. The van der Waals surface area contributed by atoms with E-state index in [1.54, 1.807) is 6.21 Å². The first-order chi connectivity index (χ1) is 20.5. The van der Waals surface area contributed by atoms with Gasteiger partial charge in [0.05, 0.1) is 12.1 Å². The first-order valence-electron chi connectivity index (χ1n) is 16.3. The van der Waals surface area contributed by atoms with E-state index in [4.69, 9.17) is 9.98 Å². The molecular weight excluding hydrogens is 605 g/mol. The molecule has 0 aliphatic carbocycles. The van der Waals surface area contributed by atoms with Crippen LogP contribution in [0.2, 0.25) is 0 Å². The Kier molecular flexibility index (Phi) is 12.0. The summed E-state index contributed by atoms with van der Waals surface area (Å²) in [5.41, 5.74) is 4.93. The Morgan fingerprint density at radius 1 is 0.844 bits per heavy atom. The second-order valence-electron chi connectivity index (χ2n) is 15.3. The number of aromatic hydroxyl groups is 2. The zero-order valence-electron chi connectivity index (χ0n) is 29.0. The van der Waals surface area contributed by atoms with Crippen molar-refractivity contribution < 1.29 is 27.0 Å². The maximum absolute atomic E-state index is 11.4. The first-order valence-corrected chi connectivity index (χ1v) is 16.3. The smallest absolute Gasteiger partial charge is 0.196 e. The molecule has 4 rings (SSSR count). The normalized spacial score (nSPS) is 16.2. The summed E-state index contributed by atoms with van der Waals surface area (Å²) in [7, 11) is 0. The number of fused-ring (bicyclic) bond motifs is 1. The van der Waals surface area contributed by atoms with Gasteiger partial charge in [0, 0.05) is 78.6 Å². The van der Waals surface area contributed by atoms with Crippen molar-refractivity contribution in [3.8, 4) is 11.5 Å². The quantitative estimate of drug-likeness (QED) is 0.284. The van der Waals surface area contributed by atoms with E-state index < -0.39 is 5.54 Å². The third kappa shape index (κ3) is 9.58. The summed E-state index contributed by atoms with van der Waals surface area (Å²) in [6.45, 7) is 24.6. The topological polar surface area (TPSA) is 84.0 Å². The van der Waals surface area contributed by atoms with Crippen LogP contribution in [-0.4, -0.2) is 83.2 Å². The van der Waals surface area contributed by atoms with Crippen molar-refractivity contribution in [2.45, 2.75) is 104 Å². The number of nitrogens with zero attached hydrogens (tertiary/aromatic N) is 5. The summed E-state index contributed by atoms with van der Waals surface area (Å²) in [5.74, 6) is 1.77. The van der Waals surface area contributed by atoms with Crippen LogP contribution >= 0.6 is 0 Å². The zero-order chi connectivity index (χ0) is 32.3. The van der Waals surface area contributed by atoms with Gasteiger partial charge in [-0.1, -0.05) is 53.7 Å². The van der Waals surface area contributed by atoms with Crippen LogP contribution in [0.5, 0.6) is 11.5 Å². The molecule has 249 valence electrons. The van der Waals surface area contributed by atoms with E-state index in [0.717, 1.165) is 79.8 Å². The monoisotopic (exact) mass is 660 g/mol. The number of guanidine groups is 1. The Morgan fingerprint density at radius 3 is 2.22 bits per heavy atom. The van der Waals surface area contributed by atoms with Crippen LogP contribution in [-0.2, 0) is 34.0 Å². The fourth-order valence-corrected chi connectivity index (χ4v) is 5.95. The van der Waals surface area contributed by atoms with Crippen LogP contribution in [0.4, 0.5) is 0 Å². The van der Waals surface area contributed by atoms with Gasteiger partial charge < -0.3 is 20.0 Å². The summed E-state index contributed by atoms with van der Waals surface area (Å²) < 4.78 is 0. The van der Waals surface area contributed by atoms with Gasteiger partial charge in [-0.15, -0.1) is 0 Å². The molecule has 2 aliphatic heterocycles. The number of phenolic OH excluding ortho intramolecular Hbond substituents is 2. The Labute approximate surface area is 282 Å². The van der Waals surface area contributed by atoms with E-state index in [0.29, 0.717) is 12.3 Å². The molecule has 0 saturated carbocycles. The minimum atomic E-state index is -0.492. The molecule has 1 saturated heterocycles. The summed E-state index contributed by atoms with van der Waals surface area (Å²) in [4.78, 5) is 19.3. The second-order valence-corrected chi connectivity index (χ2v) is 15.3. The number of rotatable bonds is 9. The largest absolute Gasteiger partial charge is 0.507 e. The van der Waals surface area contributed by atoms with Crippen molar-refractivity contribution in [3.05, 3.63) is 57.6 Å². The maximum atomic E-state index is 11.4. The predicted molar refractivity (Wildman–Crippen MR) is 185 cm³/mol. The third-order valence-corrected chi connectivity index (χ3v) is 8.57. The van der Waals surface area contributed by atoms with Gasteiger partial charge in [0.15, 0.2) is 5.96 Å². The van der Waals surface area contributed by atoms with Crippen LogP contribution < -0.4 is 0 Å². The average Bonchev–Trinajstić information content (AvgIpc) is 2.93. The molecule has 8 heteroatoms. The Balaban J connectivity index is 0.00000552. The third-order valence-electron chi connectivity index (χ3n) is 8.57. The van der Waals surface area contributed by atoms with Crippen LogP contribution in [0.1, 0.15) is 108 Å². The minimum Gasteiger partial charge on any atom is -0.507 e. The van der Waals surface area contributed by atoms with E-state index >= 15 is 0 Å². The van der Waals surface area contributed by atoms with Crippen LogP contribution in [0.25, 0.3) is 0 Å². The van der Waals surface area contributed by atoms with E-state index in [2.05, 4.69) is 68.5 Å². The summed E-state index contributed by atoms with van der Waals surface area (Å²) >= 11 is 0. The van der Waals surface area contributed by atoms with Crippen LogP contribution in [0.15, 0.2) is 39.2 Å². The molecule has 7 nitrogen and oxygen atoms in total. The Morgan fingerprint density at radius 2 is 1.53 bits per heavy atom. The number of hydrogen-bond donors (Lipinski definition) is 2. The second kappa shape index (κ2) is 14.7. The summed E-state index contributed by atoms with van der Waals surface area (Å²) in [5, 5.41) is 22.3. The number of benzene rings is 2. The molecule has 0 spiro atoms. The van der Waals surface area contributed by atoms with E-state index in [1.165, 1.54) is 17.9 Å². The molecule has 2 heterocycles. The van der Waals surface area contributed by atoms with Gasteiger partial charge >= 0.3 is 0 Å². The number of phenols is 2. The fourth-order valence-electron chi connectivity index (χ4n) is 5.95. The van der Waals surface area contributed by atoms with Crippen LogP contribution in [0, 0.1) is 6.92 Å². The van der Waals surface area contributed by atoms with Crippen molar-refractivity contribution in [1.29, 1.82) is 0 Å². The molecule has 2 aliphatic rings. The van der Waals surface area contributed by atoms with Gasteiger partial charge in [-0.3, -0.25) is 15.0 Å². The molecular formula is C37H55CoN5O2. The summed E-state index contributed by atoms with van der Waals surface area (Å²) in [6.07, 6.45) is 7.63. The van der Waals surface area contributed by atoms with Crippen molar-refractivity contribution in [2.75, 3.05) is 39.3 Å². The molecule has 1 radical (unpaired) electrons. The maximum Gasteiger partial charge on any atom is 0.196 e. The molecule has 0 aromatic heterocycles. The molecule has 0 atom stereocenters. The van der Waals surface area contributed by atoms with E-state index in [9.17, 15) is 10.2 Å². The fraction of sp³-hybridized carbons (Fsp3) is 0.595. The number of aliphatic imine (C=N–C) groups is 3. The van der Waals surface area contributed by atoms with Gasteiger partial charge in [-0.05, 0) is 86.1 Å². The van der Waals surface area contributed by atoms with Crippen molar-refractivity contribution >= 4 is 18.4 Å². The van der Waals surface area contributed by atoms with Crippen molar-refractivity contribution in [3.63, 3.8) is 0 Å². The number of hydrogen-bond acceptors (Lipinski definition) is 7. The Bertz CT molecular complexity index is 1420. The van der Waals surface area contributed by atoms with E-state index in [-0.39, 0.29) is 33.4 Å². The zero-order valence-corrected chi connectivity index (χ0v) is 30.0.